The number of aromatic amines is 1. The summed E-state index contributed by atoms with van der Waals surface area (Å²) in [6.45, 7) is 3.46. The number of hydrogen-bond donors (Lipinski definition) is 2. The molecule has 0 aromatic carbocycles. The first-order chi connectivity index (χ1) is 6.24. The summed E-state index contributed by atoms with van der Waals surface area (Å²) in [6, 6.07) is 0. The van der Waals surface area contributed by atoms with Crippen molar-refractivity contribution in [1.82, 2.24) is 10.3 Å². The first kappa shape index (κ1) is 8.31. The van der Waals surface area contributed by atoms with Crippen molar-refractivity contribution >= 4 is 5.97 Å². The molecule has 2 N–H and O–H groups in total. The molecule has 1 aliphatic heterocycles. The standard InChI is InChI=1S/C9H12N2O2/c1-5-8(9(12)13-2)6-3-10-4-7(6)11-5/h10-11H,3-4H2,1-2H3. The highest BCUT2D eigenvalue weighted by atomic mass is 16.5. The molecule has 70 valence electrons. The number of ether oxygens (including phenoxy) is 1. The second-order valence-corrected chi connectivity index (χ2v) is 3.18. The van der Waals surface area contributed by atoms with Crippen molar-refractivity contribution in [3.8, 4) is 0 Å². The van der Waals surface area contributed by atoms with E-state index < -0.39 is 0 Å². The van der Waals surface area contributed by atoms with Crippen LogP contribution in [0.5, 0.6) is 0 Å². The van der Waals surface area contributed by atoms with E-state index in [2.05, 4.69) is 10.3 Å². The zero-order chi connectivity index (χ0) is 9.42. The predicted octanol–water partition coefficient (Wildman–Crippen LogP) is 0.713. The molecule has 0 saturated heterocycles. The van der Waals surface area contributed by atoms with Crippen LogP contribution in [0.15, 0.2) is 0 Å². The van der Waals surface area contributed by atoms with Crippen molar-refractivity contribution < 1.29 is 9.53 Å². The van der Waals surface area contributed by atoms with Gasteiger partial charge in [0.2, 0.25) is 0 Å². The molecule has 0 spiro atoms. The Kier molecular flexibility index (Phi) is 1.84. The van der Waals surface area contributed by atoms with Gasteiger partial charge in [0.15, 0.2) is 0 Å². The van der Waals surface area contributed by atoms with E-state index in [4.69, 9.17) is 4.74 Å². The molecule has 0 radical (unpaired) electrons. The fraction of sp³-hybridized carbons (Fsp3) is 0.444. The van der Waals surface area contributed by atoms with Crippen LogP contribution in [0.25, 0.3) is 0 Å². The van der Waals surface area contributed by atoms with E-state index in [0.717, 1.165) is 30.0 Å². The number of carbonyl (C=O) groups is 1. The van der Waals surface area contributed by atoms with Crippen LogP contribution in [0.3, 0.4) is 0 Å². The third-order valence-electron chi connectivity index (χ3n) is 2.37. The van der Waals surface area contributed by atoms with Crippen LogP contribution in [0.1, 0.15) is 27.3 Å². The second kappa shape index (κ2) is 2.88. The number of nitrogens with one attached hydrogen (secondary N) is 2. The van der Waals surface area contributed by atoms with Crippen molar-refractivity contribution in [1.29, 1.82) is 0 Å². The Balaban J connectivity index is 2.50. The molecule has 0 amide bonds. The fourth-order valence-electron chi connectivity index (χ4n) is 1.78. The first-order valence-corrected chi connectivity index (χ1v) is 4.23. The molecule has 1 aliphatic rings. The van der Waals surface area contributed by atoms with Gasteiger partial charge in [-0.1, -0.05) is 0 Å². The van der Waals surface area contributed by atoms with Gasteiger partial charge in [-0.05, 0) is 6.92 Å². The monoisotopic (exact) mass is 180 g/mol. The van der Waals surface area contributed by atoms with Gasteiger partial charge in [0.05, 0.1) is 12.7 Å². The third-order valence-corrected chi connectivity index (χ3v) is 2.37. The quantitative estimate of drug-likeness (QED) is 0.626. The topological polar surface area (TPSA) is 54.1 Å². The second-order valence-electron chi connectivity index (χ2n) is 3.18. The Morgan fingerprint density at radius 1 is 1.46 bits per heavy atom. The Morgan fingerprint density at radius 3 is 2.92 bits per heavy atom. The number of carbonyl (C=O) groups excluding carboxylic acids is 1. The van der Waals surface area contributed by atoms with Gasteiger partial charge in [-0.25, -0.2) is 4.79 Å². The molecule has 4 heteroatoms. The lowest BCUT2D eigenvalue weighted by molar-refractivity contribution is 0.0599. The lowest BCUT2D eigenvalue weighted by Crippen LogP contribution is -2.08. The van der Waals surface area contributed by atoms with E-state index >= 15 is 0 Å². The number of esters is 1. The van der Waals surface area contributed by atoms with Crippen LogP contribution in [-0.4, -0.2) is 18.1 Å². The molecule has 0 saturated carbocycles. The molecule has 0 atom stereocenters. The van der Waals surface area contributed by atoms with Gasteiger partial charge < -0.3 is 15.0 Å². The minimum absolute atomic E-state index is 0.251. The van der Waals surface area contributed by atoms with Crippen molar-refractivity contribution in [2.75, 3.05) is 7.11 Å². The normalized spacial score (nSPS) is 14.3. The van der Waals surface area contributed by atoms with E-state index in [-0.39, 0.29) is 5.97 Å². The molecule has 2 heterocycles. The Hall–Kier alpha value is -1.29. The molecule has 2 rings (SSSR count). The van der Waals surface area contributed by atoms with Crippen molar-refractivity contribution in [2.45, 2.75) is 20.0 Å². The molecule has 4 nitrogen and oxygen atoms in total. The maximum absolute atomic E-state index is 11.4. The summed E-state index contributed by atoms with van der Waals surface area (Å²) in [4.78, 5) is 14.6. The number of fused-ring (bicyclic) bond motifs is 1. The van der Waals surface area contributed by atoms with Crippen molar-refractivity contribution in [3.63, 3.8) is 0 Å². The highest BCUT2D eigenvalue weighted by Crippen LogP contribution is 2.23. The van der Waals surface area contributed by atoms with Gasteiger partial charge in [-0.15, -0.1) is 0 Å². The zero-order valence-electron chi connectivity index (χ0n) is 7.73. The smallest absolute Gasteiger partial charge is 0.340 e. The largest absolute Gasteiger partial charge is 0.465 e. The Labute approximate surface area is 76.3 Å². The summed E-state index contributed by atoms with van der Waals surface area (Å²) in [7, 11) is 1.41. The van der Waals surface area contributed by atoms with E-state index in [1.807, 2.05) is 6.92 Å². The SMILES string of the molecule is COC(=O)c1c(C)[nH]c2c1CNC2. The van der Waals surface area contributed by atoms with E-state index in [1.54, 1.807) is 0 Å². The number of aromatic nitrogens is 1. The average molecular weight is 180 g/mol. The highest BCUT2D eigenvalue weighted by molar-refractivity contribution is 5.93. The molecule has 0 aliphatic carbocycles. The molecule has 1 aromatic heterocycles. The van der Waals surface area contributed by atoms with Gasteiger partial charge in [-0.3, -0.25) is 0 Å². The van der Waals surface area contributed by atoms with Crippen LogP contribution in [0.2, 0.25) is 0 Å². The fourth-order valence-corrected chi connectivity index (χ4v) is 1.78. The van der Waals surface area contributed by atoms with E-state index in [1.165, 1.54) is 7.11 Å². The summed E-state index contributed by atoms with van der Waals surface area (Å²) in [5, 5.41) is 3.18. The first-order valence-electron chi connectivity index (χ1n) is 4.23. The molecule has 1 aromatic rings. The van der Waals surface area contributed by atoms with Crippen LogP contribution in [0.4, 0.5) is 0 Å². The Bertz CT molecular complexity index is 355. The van der Waals surface area contributed by atoms with Crippen LogP contribution < -0.4 is 5.32 Å². The number of hydrogen-bond acceptors (Lipinski definition) is 3. The van der Waals surface area contributed by atoms with Crippen molar-refractivity contribution in [2.24, 2.45) is 0 Å². The maximum Gasteiger partial charge on any atom is 0.340 e. The summed E-state index contributed by atoms with van der Waals surface area (Å²) >= 11 is 0. The minimum atomic E-state index is -0.251. The number of methoxy groups -OCH3 is 1. The molecule has 0 fully saturated rings. The van der Waals surface area contributed by atoms with Gasteiger partial charge in [-0.2, -0.15) is 0 Å². The summed E-state index contributed by atoms with van der Waals surface area (Å²) in [5.41, 5.74) is 3.77. The maximum atomic E-state index is 11.4. The number of H-pyrrole nitrogens is 1. The molecule has 13 heavy (non-hydrogen) atoms. The van der Waals surface area contributed by atoms with Crippen LogP contribution in [0, 0.1) is 6.92 Å². The van der Waals surface area contributed by atoms with E-state index in [0.29, 0.717) is 5.56 Å². The summed E-state index contributed by atoms with van der Waals surface area (Å²) < 4.78 is 4.71. The lowest BCUT2D eigenvalue weighted by atomic mass is 10.1. The lowest BCUT2D eigenvalue weighted by Gasteiger charge is -2.00. The number of aryl methyl sites for hydroxylation is 1. The van der Waals surface area contributed by atoms with Crippen LogP contribution in [-0.2, 0) is 17.8 Å². The molecular formula is C9H12N2O2. The summed E-state index contributed by atoms with van der Waals surface area (Å²) in [6.07, 6.45) is 0. The molecular weight excluding hydrogens is 168 g/mol. The Morgan fingerprint density at radius 2 is 2.23 bits per heavy atom. The highest BCUT2D eigenvalue weighted by Gasteiger charge is 2.24. The summed E-state index contributed by atoms with van der Waals surface area (Å²) in [5.74, 6) is -0.251. The van der Waals surface area contributed by atoms with Crippen molar-refractivity contribution in [3.05, 3.63) is 22.5 Å². The van der Waals surface area contributed by atoms with Gasteiger partial charge >= 0.3 is 5.97 Å². The van der Waals surface area contributed by atoms with Crippen LogP contribution >= 0.6 is 0 Å². The van der Waals surface area contributed by atoms with Gasteiger partial charge in [0.1, 0.15) is 0 Å². The third kappa shape index (κ3) is 1.14. The predicted molar refractivity (Wildman–Crippen MR) is 47.4 cm³/mol. The zero-order valence-corrected chi connectivity index (χ0v) is 7.73. The number of rotatable bonds is 1. The average Bonchev–Trinajstić information content (AvgIpc) is 2.62. The molecule has 0 unspecified atom stereocenters. The molecule has 0 bridgehead atoms. The van der Waals surface area contributed by atoms with E-state index in [9.17, 15) is 4.79 Å². The van der Waals surface area contributed by atoms with Gasteiger partial charge in [0.25, 0.3) is 0 Å². The van der Waals surface area contributed by atoms with Gasteiger partial charge in [0, 0.05) is 30.0 Å². The minimum Gasteiger partial charge on any atom is -0.465 e.